The zero-order valence-corrected chi connectivity index (χ0v) is 34.4. The number of carbonyl (C=O) groups is 3. The summed E-state index contributed by atoms with van der Waals surface area (Å²) in [4.78, 5) is 40.2. The Kier molecular flexibility index (Phi) is 16.3. The molecule has 2 fully saturated rings. The maximum Gasteiger partial charge on any atom is 0.490 e. The molecule has 2 heterocycles. The molecule has 0 spiro atoms. The van der Waals surface area contributed by atoms with E-state index in [1.807, 2.05) is 78.6 Å². The van der Waals surface area contributed by atoms with Gasteiger partial charge in [0.2, 0.25) is 5.91 Å². The van der Waals surface area contributed by atoms with Crippen molar-refractivity contribution in [3.8, 4) is 11.1 Å². The fourth-order valence-corrected chi connectivity index (χ4v) is 8.18. The Hall–Kier alpha value is -4.30. The molecule has 1 unspecified atom stereocenters. The predicted molar refractivity (Wildman–Crippen MR) is 220 cm³/mol. The van der Waals surface area contributed by atoms with Crippen LogP contribution in [0.15, 0.2) is 101 Å². The topological polar surface area (TPSA) is 119 Å². The van der Waals surface area contributed by atoms with Gasteiger partial charge in [0, 0.05) is 41.9 Å². The van der Waals surface area contributed by atoms with Gasteiger partial charge in [-0.05, 0) is 122 Å². The van der Waals surface area contributed by atoms with Crippen molar-refractivity contribution in [1.82, 2.24) is 15.1 Å². The molecule has 0 aromatic heterocycles. The minimum atomic E-state index is -5.08. The number of carboxylic acid groups (broad SMARTS) is 1. The van der Waals surface area contributed by atoms with Gasteiger partial charge in [-0.15, -0.1) is 0 Å². The SMILES string of the molecule is CCOC1(O)C=CC(N(Cc2cccc(-c3cccc(C(=O)N4CCC(CCCC5CCNCC5)CC4)c3)c2)C(=O)Cc2cccc(Br)c2)=CC1.O=C(O)C(F)(F)F. The lowest BCUT2D eigenvalue weighted by Crippen LogP contribution is -2.38. The van der Waals surface area contributed by atoms with Crippen molar-refractivity contribution in [2.24, 2.45) is 11.8 Å². The lowest BCUT2D eigenvalue weighted by Gasteiger charge is -2.32. The highest BCUT2D eigenvalue weighted by molar-refractivity contribution is 9.10. The van der Waals surface area contributed by atoms with E-state index in [9.17, 15) is 27.9 Å². The zero-order valence-electron chi connectivity index (χ0n) is 32.9. The van der Waals surface area contributed by atoms with E-state index in [1.165, 1.54) is 45.2 Å². The smallest absolute Gasteiger partial charge is 0.475 e. The van der Waals surface area contributed by atoms with Crippen molar-refractivity contribution in [2.75, 3.05) is 32.8 Å². The van der Waals surface area contributed by atoms with Gasteiger partial charge in [-0.25, -0.2) is 4.79 Å². The third-order valence-electron chi connectivity index (χ3n) is 10.9. The summed E-state index contributed by atoms with van der Waals surface area (Å²) < 4.78 is 38.2. The number of amides is 2. The molecule has 3 aromatic rings. The molecule has 3 aromatic carbocycles. The Balaban J connectivity index is 0.000000839. The summed E-state index contributed by atoms with van der Waals surface area (Å²) in [6.45, 7) is 6.58. The fourth-order valence-electron chi connectivity index (χ4n) is 7.74. The number of ether oxygens (including phenoxy) is 1. The van der Waals surface area contributed by atoms with E-state index in [4.69, 9.17) is 14.6 Å². The molecule has 0 saturated carbocycles. The molecule has 2 amide bonds. The first kappa shape index (κ1) is 44.8. The first-order valence-corrected chi connectivity index (χ1v) is 20.8. The van der Waals surface area contributed by atoms with Crippen molar-refractivity contribution in [3.63, 3.8) is 0 Å². The summed E-state index contributed by atoms with van der Waals surface area (Å²) in [5, 5.41) is 21.4. The van der Waals surface area contributed by atoms with Crippen LogP contribution >= 0.6 is 15.9 Å². The van der Waals surface area contributed by atoms with E-state index in [0.717, 1.165) is 70.2 Å². The molecule has 6 rings (SSSR count). The van der Waals surface area contributed by atoms with Crippen LogP contribution in [0.2, 0.25) is 0 Å². The molecule has 2 saturated heterocycles. The van der Waals surface area contributed by atoms with Gasteiger partial charge in [0.25, 0.3) is 5.91 Å². The predicted octanol–water partition coefficient (Wildman–Crippen LogP) is 8.91. The number of likely N-dealkylation sites (tertiary alicyclic amines) is 1. The van der Waals surface area contributed by atoms with Crippen molar-refractivity contribution < 1.29 is 42.5 Å². The lowest BCUT2D eigenvalue weighted by atomic mass is 9.87. The summed E-state index contributed by atoms with van der Waals surface area (Å²) in [7, 11) is 0. The maximum atomic E-state index is 13.9. The molecule has 9 nitrogen and oxygen atoms in total. The zero-order chi connectivity index (χ0) is 41.7. The van der Waals surface area contributed by atoms with E-state index < -0.39 is 17.9 Å². The number of piperidine rings is 2. The van der Waals surface area contributed by atoms with E-state index >= 15 is 0 Å². The first-order chi connectivity index (χ1) is 27.7. The van der Waals surface area contributed by atoms with Crippen LogP contribution in [0.25, 0.3) is 11.1 Å². The number of carboxylic acids is 1. The normalized spacial score (nSPS) is 18.9. The molecule has 1 atom stereocenters. The van der Waals surface area contributed by atoms with Gasteiger partial charge in [0.15, 0.2) is 5.79 Å². The molecule has 3 aliphatic rings. The number of carbonyl (C=O) groups excluding carboxylic acids is 2. The standard InChI is InChI=1S/C43H52BrN3O4.C2HF3O2/c1-2-51-43(50)21-15-40(16-22-43)47(41(48)29-34-9-5-14-39(44)28-34)31-35-10-4-11-36(27-35)37-12-6-13-38(30-37)42(49)46-25-19-33(20-26-46)8-3-7-32-17-23-45-24-18-32;3-2(4,5)1(6)7/h4-6,9-16,21,27-28,30,32-33,45,50H,2-3,7-8,17-20,22-26,29,31H2,1H3;(H,6,7). The second-order valence-corrected chi connectivity index (χ2v) is 16.1. The number of hydrogen-bond acceptors (Lipinski definition) is 6. The highest BCUT2D eigenvalue weighted by Gasteiger charge is 2.38. The highest BCUT2D eigenvalue weighted by Crippen LogP contribution is 2.30. The van der Waals surface area contributed by atoms with Crippen LogP contribution in [0.3, 0.4) is 0 Å². The molecule has 312 valence electrons. The summed E-state index contributed by atoms with van der Waals surface area (Å²) >= 11 is 3.52. The van der Waals surface area contributed by atoms with E-state index in [0.29, 0.717) is 18.7 Å². The molecular formula is C45H53BrF3N3O6. The Labute approximate surface area is 347 Å². The first-order valence-electron chi connectivity index (χ1n) is 20.0. The lowest BCUT2D eigenvalue weighted by molar-refractivity contribution is -0.192. The Morgan fingerprint density at radius 3 is 2.16 bits per heavy atom. The number of aliphatic hydroxyl groups is 1. The number of alkyl halides is 3. The Morgan fingerprint density at radius 2 is 1.53 bits per heavy atom. The molecule has 13 heteroatoms. The average molecular weight is 869 g/mol. The van der Waals surface area contributed by atoms with Crippen molar-refractivity contribution in [3.05, 3.63) is 118 Å². The minimum absolute atomic E-state index is 0.0469. The van der Waals surface area contributed by atoms with Gasteiger partial charge < -0.3 is 30.1 Å². The van der Waals surface area contributed by atoms with Gasteiger partial charge in [0.05, 0.1) is 13.0 Å². The van der Waals surface area contributed by atoms with Gasteiger partial charge in [0.1, 0.15) is 0 Å². The number of benzene rings is 3. The van der Waals surface area contributed by atoms with Crippen LogP contribution in [0.5, 0.6) is 0 Å². The molecule has 58 heavy (non-hydrogen) atoms. The fraction of sp³-hybridized carbons (Fsp3) is 0.444. The van der Waals surface area contributed by atoms with E-state index in [2.05, 4.69) is 33.4 Å². The van der Waals surface area contributed by atoms with Gasteiger partial charge in [-0.3, -0.25) is 9.59 Å². The average Bonchev–Trinajstić information content (AvgIpc) is 3.21. The van der Waals surface area contributed by atoms with Crippen LogP contribution < -0.4 is 5.32 Å². The Bertz CT molecular complexity index is 1920. The van der Waals surface area contributed by atoms with Crippen LogP contribution in [0, 0.1) is 11.8 Å². The number of aliphatic carboxylic acids is 1. The van der Waals surface area contributed by atoms with Crippen molar-refractivity contribution in [2.45, 2.75) is 83.2 Å². The number of nitrogens with zero attached hydrogens (tertiary/aromatic N) is 2. The second-order valence-electron chi connectivity index (χ2n) is 15.2. The Morgan fingerprint density at radius 1 is 0.914 bits per heavy atom. The molecule has 1 aliphatic carbocycles. The highest BCUT2D eigenvalue weighted by atomic mass is 79.9. The number of nitrogens with one attached hydrogen (secondary N) is 1. The van der Waals surface area contributed by atoms with Crippen LogP contribution in [0.1, 0.15) is 79.8 Å². The van der Waals surface area contributed by atoms with Crippen molar-refractivity contribution >= 4 is 33.7 Å². The van der Waals surface area contributed by atoms with Gasteiger partial charge in [-0.2, -0.15) is 13.2 Å². The van der Waals surface area contributed by atoms with Crippen LogP contribution in [-0.2, 0) is 27.3 Å². The third kappa shape index (κ3) is 13.4. The van der Waals surface area contributed by atoms with Gasteiger partial charge >= 0.3 is 12.1 Å². The van der Waals surface area contributed by atoms with Crippen LogP contribution in [-0.4, -0.2) is 82.5 Å². The number of rotatable bonds is 13. The summed E-state index contributed by atoms with van der Waals surface area (Å²) in [6, 6.07) is 23.9. The third-order valence-corrected chi connectivity index (χ3v) is 11.4. The second kappa shape index (κ2) is 21.1. The maximum absolute atomic E-state index is 13.9. The molecule has 0 bridgehead atoms. The number of allylic oxidation sites excluding steroid dienone is 1. The minimum Gasteiger partial charge on any atom is -0.475 e. The quantitative estimate of drug-likeness (QED) is 0.147. The van der Waals surface area contributed by atoms with Crippen molar-refractivity contribution in [1.29, 1.82) is 0 Å². The summed E-state index contributed by atoms with van der Waals surface area (Å²) in [5.41, 5.74) is 5.29. The number of halogens is 4. The van der Waals surface area contributed by atoms with E-state index in [-0.39, 0.29) is 24.7 Å². The van der Waals surface area contributed by atoms with Gasteiger partial charge in [-0.1, -0.05) is 83.7 Å². The summed E-state index contributed by atoms with van der Waals surface area (Å²) in [6.07, 6.45) is 9.44. The van der Waals surface area contributed by atoms with Crippen LogP contribution in [0.4, 0.5) is 13.2 Å². The summed E-state index contributed by atoms with van der Waals surface area (Å²) in [5.74, 6) is -2.46. The number of hydrogen-bond donors (Lipinski definition) is 3. The molecule has 0 radical (unpaired) electrons. The largest absolute Gasteiger partial charge is 0.490 e. The van der Waals surface area contributed by atoms with E-state index in [1.54, 1.807) is 17.1 Å². The molecule has 3 N–H and O–H groups in total. The molecule has 2 aliphatic heterocycles. The monoisotopic (exact) mass is 867 g/mol. The molecular weight excluding hydrogens is 815 g/mol.